The van der Waals surface area contributed by atoms with Crippen molar-refractivity contribution in [3.8, 4) is 0 Å². The van der Waals surface area contributed by atoms with Gasteiger partial charge in [0.15, 0.2) is 0 Å². The minimum atomic E-state index is -6.44. The summed E-state index contributed by atoms with van der Waals surface area (Å²) in [6.45, 7) is -1.21. The highest BCUT2D eigenvalue weighted by Crippen LogP contribution is 2.50. The van der Waals surface area contributed by atoms with E-state index in [9.17, 15) is 39.0 Å². The maximum atomic E-state index is 13.8. The molecule has 0 bridgehead atoms. The lowest BCUT2D eigenvalue weighted by Crippen LogP contribution is -2.63. The molecule has 1 aliphatic heterocycles. The minimum Gasteiger partial charge on any atom is -0.304 e. The van der Waals surface area contributed by atoms with Crippen molar-refractivity contribution in [2.24, 2.45) is 0 Å². The van der Waals surface area contributed by atoms with Crippen LogP contribution >= 0.6 is 0 Å². The molecule has 0 spiro atoms. The van der Waals surface area contributed by atoms with Gasteiger partial charge in [0.05, 0.1) is 7.11 Å². The zero-order valence-corrected chi connectivity index (χ0v) is 13.6. The molecule has 1 saturated heterocycles. The molecule has 0 aromatic rings. The third-order valence-electron chi connectivity index (χ3n) is 3.22. The van der Waals surface area contributed by atoms with Crippen LogP contribution in [0.4, 0.5) is 26.3 Å². The smallest absolute Gasteiger partial charge is 0.304 e. The first-order chi connectivity index (χ1) is 10.2. The summed E-state index contributed by atoms with van der Waals surface area (Å²) in [5.74, 6) is -6.44. The van der Waals surface area contributed by atoms with Gasteiger partial charge in [-0.3, -0.25) is 4.18 Å². The Morgan fingerprint density at radius 1 is 1.00 bits per heavy atom. The van der Waals surface area contributed by atoms with E-state index in [4.69, 9.17) is 0 Å². The fourth-order valence-corrected chi connectivity index (χ4v) is 3.76. The molecule has 1 unspecified atom stereocenters. The summed E-state index contributed by atoms with van der Waals surface area (Å²) in [6, 6.07) is 0. The molecule has 0 aromatic heterocycles. The van der Waals surface area contributed by atoms with Crippen molar-refractivity contribution in [3.63, 3.8) is 0 Å². The molecule has 1 atom stereocenters. The minimum absolute atomic E-state index is 0.00666. The average molecular weight is 392 g/mol. The molecule has 23 heavy (non-hydrogen) atoms. The second-order valence-corrected chi connectivity index (χ2v) is 8.01. The molecule has 0 aliphatic carbocycles. The van der Waals surface area contributed by atoms with Crippen molar-refractivity contribution in [2.45, 2.75) is 16.4 Å². The first-order valence-corrected chi connectivity index (χ1v) is 8.53. The number of piperazine rings is 1. The van der Waals surface area contributed by atoms with Crippen LogP contribution in [0.25, 0.3) is 0 Å². The molecule has 0 aromatic carbocycles. The lowest BCUT2D eigenvalue weighted by molar-refractivity contribution is -0.245. The van der Waals surface area contributed by atoms with E-state index in [-0.39, 0.29) is 17.4 Å². The van der Waals surface area contributed by atoms with Crippen LogP contribution in [0.1, 0.15) is 0 Å². The van der Waals surface area contributed by atoms with Gasteiger partial charge in [0.1, 0.15) is 0 Å². The molecule has 1 heterocycles. The Bertz CT molecular complexity index is 562. The third-order valence-corrected chi connectivity index (χ3v) is 6.14. The first-order valence-electron chi connectivity index (χ1n) is 6.01. The molecule has 0 amide bonds. The van der Waals surface area contributed by atoms with Crippen LogP contribution < -0.4 is 0 Å². The highest BCUT2D eigenvalue weighted by atomic mass is 32.2. The number of alkyl halides is 6. The zero-order chi connectivity index (χ0) is 18.3. The van der Waals surface area contributed by atoms with E-state index in [0.717, 1.165) is 0 Å². The Morgan fingerprint density at radius 2 is 1.43 bits per heavy atom. The van der Waals surface area contributed by atoms with Crippen molar-refractivity contribution in [1.29, 1.82) is 0 Å². The second kappa shape index (κ2) is 6.46. The first kappa shape index (κ1) is 20.6. The van der Waals surface area contributed by atoms with Gasteiger partial charge in [-0.1, -0.05) is 0 Å². The van der Waals surface area contributed by atoms with E-state index < -0.39 is 50.6 Å². The fraction of sp³-hybridized carbons (Fsp3) is 1.00. The molecule has 1 fully saturated rings. The van der Waals surface area contributed by atoms with Crippen LogP contribution in [0.5, 0.6) is 0 Å². The highest BCUT2D eigenvalue weighted by molar-refractivity contribution is 7.90. The molecule has 0 radical (unpaired) electrons. The lowest BCUT2D eigenvalue weighted by atomic mass is 10.3. The SMILES string of the molecule is COS(=O)C(F)(F)C(F)(F)C(F)(F)S(=O)(=O)N1CCN(C)CC1. The fourth-order valence-electron chi connectivity index (χ4n) is 1.73. The predicted octanol–water partition coefficient (Wildman–Crippen LogP) is 0.695. The van der Waals surface area contributed by atoms with Crippen LogP contribution in [0.15, 0.2) is 0 Å². The Hall–Kier alpha value is -0.440. The number of hydrogen-bond acceptors (Lipinski definition) is 5. The number of nitrogens with zero attached hydrogens (tertiary/aromatic N) is 2. The number of halogens is 6. The molecule has 0 saturated carbocycles. The van der Waals surface area contributed by atoms with E-state index in [1.807, 2.05) is 0 Å². The molecule has 1 aliphatic rings. The van der Waals surface area contributed by atoms with E-state index in [0.29, 0.717) is 7.11 Å². The van der Waals surface area contributed by atoms with E-state index in [1.165, 1.54) is 11.9 Å². The third kappa shape index (κ3) is 3.23. The van der Waals surface area contributed by atoms with Gasteiger partial charge in [-0.25, -0.2) is 12.6 Å². The summed E-state index contributed by atoms with van der Waals surface area (Å²) in [4.78, 5) is 1.54. The maximum absolute atomic E-state index is 13.8. The van der Waals surface area contributed by atoms with E-state index in [2.05, 4.69) is 4.18 Å². The van der Waals surface area contributed by atoms with E-state index in [1.54, 1.807) is 0 Å². The summed E-state index contributed by atoms with van der Waals surface area (Å²) in [5.41, 5.74) is 0. The Balaban J connectivity index is 3.24. The summed E-state index contributed by atoms with van der Waals surface area (Å²) in [7, 11) is -4.25. The summed E-state index contributed by atoms with van der Waals surface area (Å²) in [6.07, 6.45) is 0. The van der Waals surface area contributed by atoms with Crippen LogP contribution in [0, 0.1) is 0 Å². The molecule has 1 rings (SSSR count). The topological polar surface area (TPSA) is 66.9 Å². The summed E-state index contributed by atoms with van der Waals surface area (Å²) >= 11 is -4.15. The standard InChI is InChI=1S/C9H14F6N2O4S2/c1-16-3-5-17(6-4-16)23(19,20)9(14,15)7(10,11)8(12,13)22(18)21-2/h3-6H2,1-2H3. The molecule has 0 N–H and O–H groups in total. The van der Waals surface area contributed by atoms with Gasteiger partial charge in [0, 0.05) is 26.2 Å². The highest BCUT2D eigenvalue weighted by Gasteiger charge is 2.80. The summed E-state index contributed by atoms with van der Waals surface area (Å²) < 4.78 is 119. The van der Waals surface area contributed by atoms with Gasteiger partial charge in [0.25, 0.3) is 10.0 Å². The Morgan fingerprint density at radius 3 is 1.83 bits per heavy atom. The largest absolute Gasteiger partial charge is 0.428 e. The Kier molecular flexibility index (Phi) is 5.79. The molecule has 6 nitrogen and oxygen atoms in total. The number of rotatable bonds is 6. The lowest BCUT2D eigenvalue weighted by Gasteiger charge is -2.37. The van der Waals surface area contributed by atoms with Crippen LogP contribution in [0.3, 0.4) is 0 Å². The van der Waals surface area contributed by atoms with Crippen molar-refractivity contribution in [3.05, 3.63) is 0 Å². The number of hydrogen-bond donors (Lipinski definition) is 0. The van der Waals surface area contributed by atoms with Gasteiger partial charge < -0.3 is 4.90 Å². The Labute approximate surface area is 131 Å². The molecular weight excluding hydrogens is 378 g/mol. The molecular formula is C9H14F6N2O4S2. The van der Waals surface area contributed by atoms with Crippen LogP contribution in [-0.2, 0) is 25.3 Å². The van der Waals surface area contributed by atoms with Gasteiger partial charge in [-0.15, -0.1) is 0 Å². The number of likely N-dealkylation sites (N-methyl/N-ethyl adjacent to an activating group) is 1. The van der Waals surface area contributed by atoms with E-state index >= 15 is 0 Å². The molecule has 14 heteroatoms. The van der Waals surface area contributed by atoms with Crippen LogP contribution in [0.2, 0.25) is 0 Å². The van der Waals surface area contributed by atoms with Gasteiger partial charge in [-0.05, 0) is 7.05 Å². The zero-order valence-electron chi connectivity index (χ0n) is 11.9. The predicted molar refractivity (Wildman–Crippen MR) is 68.0 cm³/mol. The van der Waals surface area contributed by atoms with Crippen molar-refractivity contribution >= 4 is 21.1 Å². The van der Waals surface area contributed by atoms with Crippen molar-refractivity contribution < 1.29 is 43.2 Å². The molecule has 138 valence electrons. The monoisotopic (exact) mass is 392 g/mol. The van der Waals surface area contributed by atoms with Gasteiger partial charge in [-0.2, -0.15) is 30.6 Å². The summed E-state index contributed by atoms with van der Waals surface area (Å²) in [5, 5.41) is -12.1. The quantitative estimate of drug-likeness (QED) is 0.623. The van der Waals surface area contributed by atoms with Gasteiger partial charge >= 0.3 is 16.4 Å². The second-order valence-electron chi connectivity index (χ2n) is 4.72. The average Bonchev–Trinajstić information content (AvgIpc) is 2.46. The van der Waals surface area contributed by atoms with Crippen molar-refractivity contribution in [2.75, 3.05) is 40.3 Å². The maximum Gasteiger partial charge on any atom is 0.428 e. The number of sulfonamides is 1. The van der Waals surface area contributed by atoms with Crippen molar-refractivity contribution in [1.82, 2.24) is 9.21 Å². The normalized spacial score (nSPS) is 21.4. The van der Waals surface area contributed by atoms with Gasteiger partial charge in [0.2, 0.25) is 11.1 Å². The van der Waals surface area contributed by atoms with Crippen LogP contribution in [-0.4, -0.2) is 78.6 Å².